The summed E-state index contributed by atoms with van der Waals surface area (Å²) in [4.78, 5) is 23.4. The Labute approximate surface area is 128 Å². The van der Waals surface area contributed by atoms with Gasteiger partial charge in [-0.2, -0.15) is 13.2 Å². The van der Waals surface area contributed by atoms with Crippen LogP contribution in [0, 0.1) is 5.82 Å². The van der Waals surface area contributed by atoms with Gasteiger partial charge in [-0.1, -0.05) is 12.1 Å². The lowest BCUT2D eigenvalue weighted by atomic mass is 10.2. The molecule has 2 aromatic rings. The van der Waals surface area contributed by atoms with Gasteiger partial charge >= 0.3 is 6.18 Å². The Morgan fingerprint density at radius 1 is 1.13 bits per heavy atom. The number of nitrogens with one attached hydrogen (secondary N) is 1. The minimum Gasteiger partial charge on any atom is -0.350 e. The molecule has 4 nitrogen and oxygen atoms in total. The van der Waals surface area contributed by atoms with Crippen LogP contribution < -0.4 is 10.9 Å². The van der Waals surface area contributed by atoms with E-state index in [1.807, 2.05) is 0 Å². The van der Waals surface area contributed by atoms with Crippen LogP contribution in [0.3, 0.4) is 0 Å². The summed E-state index contributed by atoms with van der Waals surface area (Å²) in [7, 11) is 0. The highest BCUT2D eigenvalue weighted by Gasteiger charge is 2.34. The van der Waals surface area contributed by atoms with Gasteiger partial charge in [-0.15, -0.1) is 0 Å². The lowest BCUT2D eigenvalue weighted by Crippen LogP contribution is -2.34. The predicted molar refractivity (Wildman–Crippen MR) is 74.0 cm³/mol. The summed E-state index contributed by atoms with van der Waals surface area (Å²) >= 11 is 0. The van der Waals surface area contributed by atoms with Gasteiger partial charge < -0.3 is 9.88 Å². The van der Waals surface area contributed by atoms with Gasteiger partial charge in [0.25, 0.3) is 5.56 Å². The number of nitrogens with zero attached hydrogens (tertiary/aromatic N) is 1. The van der Waals surface area contributed by atoms with Crippen LogP contribution in [0.15, 0.2) is 47.4 Å². The average molecular weight is 328 g/mol. The number of hydrogen-bond donors (Lipinski definition) is 1. The van der Waals surface area contributed by atoms with E-state index in [1.165, 1.54) is 24.3 Å². The quantitative estimate of drug-likeness (QED) is 0.876. The van der Waals surface area contributed by atoms with Crippen molar-refractivity contribution >= 4 is 5.91 Å². The fourth-order valence-electron chi connectivity index (χ4n) is 1.89. The number of rotatable bonds is 4. The summed E-state index contributed by atoms with van der Waals surface area (Å²) in [5.74, 6) is -1.05. The molecular formula is C15H12F4N2O2. The van der Waals surface area contributed by atoms with Crippen LogP contribution in [0.5, 0.6) is 0 Å². The molecule has 0 unspecified atom stereocenters. The van der Waals surface area contributed by atoms with Gasteiger partial charge in [0, 0.05) is 12.7 Å². The maximum atomic E-state index is 12.7. The molecule has 122 valence electrons. The van der Waals surface area contributed by atoms with E-state index >= 15 is 0 Å². The van der Waals surface area contributed by atoms with Crippen LogP contribution in [0.4, 0.5) is 17.6 Å². The summed E-state index contributed by atoms with van der Waals surface area (Å²) in [5, 5.41) is 2.45. The number of amides is 1. The highest BCUT2D eigenvalue weighted by Crippen LogP contribution is 2.25. The molecule has 1 aromatic carbocycles. The molecule has 0 saturated heterocycles. The van der Waals surface area contributed by atoms with E-state index in [2.05, 4.69) is 5.32 Å². The number of hydrogen-bond acceptors (Lipinski definition) is 2. The summed E-state index contributed by atoms with van der Waals surface area (Å²) in [6, 6.07) is 7.09. The third-order valence-electron chi connectivity index (χ3n) is 3.04. The molecule has 0 radical (unpaired) electrons. The van der Waals surface area contributed by atoms with Crippen molar-refractivity contribution in [2.75, 3.05) is 0 Å². The van der Waals surface area contributed by atoms with Crippen LogP contribution in [0.1, 0.15) is 11.1 Å². The third kappa shape index (κ3) is 4.41. The maximum absolute atomic E-state index is 12.7. The van der Waals surface area contributed by atoms with Crippen molar-refractivity contribution in [1.29, 1.82) is 0 Å². The third-order valence-corrected chi connectivity index (χ3v) is 3.04. The van der Waals surface area contributed by atoms with Crippen LogP contribution >= 0.6 is 0 Å². The molecule has 2 rings (SSSR count). The van der Waals surface area contributed by atoms with E-state index in [0.717, 1.165) is 12.3 Å². The number of halogens is 4. The van der Waals surface area contributed by atoms with Crippen molar-refractivity contribution in [3.05, 3.63) is 69.9 Å². The Kier molecular flexibility index (Phi) is 4.83. The fourth-order valence-corrected chi connectivity index (χ4v) is 1.89. The summed E-state index contributed by atoms with van der Waals surface area (Å²) in [6.45, 7) is -0.462. The van der Waals surface area contributed by atoms with Gasteiger partial charge in [0.1, 0.15) is 17.9 Å². The second-order valence-electron chi connectivity index (χ2n) is 4.76. The van der Waals surface area contributed by atoms with Gasteiger partial charge in [-0.25, -0.2) is 4.39 Å². The standard InChI is InChI=1S/C15H12F4N2O2/c16-11-5-3-10(4-6-11)8-20-13(22)9-21-7-1-2-12(14(21)23)15(17,18)19/h1-7H,8-9H2,(H,20,22). The van der Waals surface area contributed by atoms with Crippen molar-refractivity contribution in [2.24, 2.45) is 0 Å². The highest BCUT2D eigenvalue weighted by atomic mass is 19.4. The summed E-state index contributed by atoms with van der Waals surface area (Å²) in [6.07, 6.45) is -3.67. The minimum absolute atomic E-state index is 0.0762. The van der Waals surface area contributed by atoms with Crippen molar-refractivity contribution in [3.8, 4) is 0 Å². The normalized spacial score (nSPS) is 11.3. The van der Waals surface area contributed by atoms with E-state index in [-0.39, 0.29) is 6.54 Å². The lowest BCUT2D eigenvalue weighted by molar-refractivity contribution is -0.139. The van der Waals surface area contributed by atoms with Crippen molar-refractivity contribution in [1.82, 2.24) is 9.88 Å². The zero-order valence-electron chi connectivity index (χ0n) is 11.7. The topological polar surface area (TPSA) is 51.1 Å². The molecule has 0 atom stereocenters. The van der Waals surface area contributed by atoms with Crippen molar-refractivity contribution < 1.29 is 22.4 Å². The number of benzene rings is 1. The Balaban J connectivity index is 2.03. The zero-order valence-corrected chi connectivity index (χ0v) is 11.7. The maximum Gasteiger partial charge on any atom is 0.421 e. The molecule has 0 spiro atoms. The van der Waals surface area contributed by atoms with E-state index < -0.39 is 35.6 Å². The lowest BCUT2D eigenvalue weighted by Gasteiger charge is -2.10. The predicted octanol–water partition coefficient (Wildman–Crippen LogP) is 2.32. The first-order valence-corrected chi connectivity index (χ1v) is 6.55. The Hall–Kier alpha value is -2.64. The molecule has 0 aliphatic carbocycles. The Morgan fingerprint density at radius 3 is 2.39 bits per heavy atom. The number of aromatic nitrogens is 1. The molecule has 1 amide bonds. The Bertz CT molecular complexity index is 751. The fraction of sp³-hybridized carbons (Fsp3) is 0.200. The number of pyridine rings is 1. The molecule has 1 N–H and O–H groups in total. The molecule has 23 heavy (non-hydrogen) atoms. The molecule has 8 heteroatoms. The molecular weight excluding hydrogens is 316 g/mol. The van der Waals surface area contributed by atoms with Crippen molar-refractivity contribution in [3.63, 3.8) is 0 Å². The van der Waals surface area contributed by atoms with E-state index in [0.29, 0.717) is 16.2 Å². The van der Waals surface area contributed by atoms with Crippen LogP contribution in [0.2, 0.25) is 0 Å². The SMILES string of the molecule is O=C(Cn1cccc(C(F)(F)F)c1=O)NCc1ccc(F)cc1. The highest BCUT2D eigenvalue weighted by molar-refractivity contribution is 5.75. The van der Waals surface area contributed by atoms with E-state index in [9.17, 15) is 27.2 Å². The Morgan fingerprint density at radius 2 is 1.78 bits per heavy atom. The first kappa shape index (κ1) is 16.7. The molecule has 0 saturated carbocycles. The first-order valence-electron chi connectivity index (χ1n) is 6.55. The van der Waals surface area contributed by atoms with Gasteiger partial charge in [-0.05, 0) is 29.8 Å². The van der Waals surface area contributed by atoms with Gasteiger partial charge in [0.15, 0.2) is 0 Å². The van der Waals surface area contributed by atoms with Crippen molar-refractivity contribution in [2.45, 2.75) is 19.3 Å². The van der Waals surface area contributed by atoms with Gasteiger partial charge in [-0.3, -0.25) is 9.59 Å². The smallest absolute Gasteiger partial charge is 0.350 e. The summed E-state index contributed by atoms with van der Waals surface area (Å²) in [5.41, 5.74) is -1.99. The van der Waals surface area contributed by atoms with E-state index in [4.69, 9.17) is 0 Å². The molecule has 0 aliphatic rings. The average Bonchev–Trinajstić information content (AvgIpc) is 2.47. The monoisotopic (exact) mass is 328 g/mol. The number of carbonyl (C=O) groups is 1. The van der Waals surface area contributed by atoms with E-state index in [1.54, 1.807) is 0 Å². The summed E-state index contributed by atoms with van der Waals surface area (Å²) < 4.78 is 51.3. The molecule has 0 fully saturated rings. The zero-order chi connectivity index (χ0) is 17.0. The van der Waals surface area contributed by atoms with Crippen LogP contribution in [-0.4, -0.2) is 10.5 Å². The van der Waals surface area contributed by atoms with Crippen LogP contribution in [0.25, 0.3) is 0 Å². The second-order valence-corrected chi connectivity index (χ2v) is 4.76. The molecule has 0 aliphatic heterocycles. The molecule has 1 aromatic heterocycles. The first-order chi connectivity index (χ1) is 10.8. The van der Waals surface area contributed by atoms with Gasteiger partial charge in [0.05, 0.1) is 0 Å². The second kappa shape index (κ2) is 6.64. The number of carbonyl (C=O) groups excluding carboxylic acids is 1. The molecule has 1 heterocycles. The van der Waals surface area contributed by atoms with Gasteiger partial charge in [0.2, 0.25) is 5.91 Å². The molecule has 0 bridgehead atoms. The van der Waals surface area contributed by atoms with Crippen LogP contribution in [-0.2, 0) is 24.1 Å². The number of alkyl halides is 3. The minimum atomic E-state index is -4.77. The largest absolute Gasteiger partial charge is 0.421 e.